The molecule has 4 rings (SSSR count). The van der Waals surface area contributed by atoms with E-state index in [4.69, 9.17) is 10.5 Å². The Bertz CT molecular complexity index is 968. The standard InChI is InChI=1S/C22H24N4O2/c1-16-7-8-17(15-20(16)28-14-9-23)22(27)26-13-12-25-11-4-6-19(25)21(26)18-5-2-3-10-24-18/h2-8,10-11,15,21H,9,12-14,23H2,1H3/t21-/m0/s1. The first-order chi connectivity index (χ1) is 13.7. The van der Waals surface area contributed by atoms with Crippen LogP contribution in [-0.4, -0.2) is 40.1 Å². The van der Waals surface area contributed by atoms with Crippen LogP contribution in [0.1, 0.15) is 33.4 Å². The molecule has 0 unspecified atom stereocenters. The van der Waals surface area contributed by atoms with Crippen LogP contribution in [0, 0.1) is 6.92 Å². The van der Waals surface area contributed by atoms with Crippen molar-refractivity contribution >= 4 is 5.91 Å². The highest BCUT2D eigenvalue weighted by molar-refractivity contribution is 5.95. The van der Waals surface area contributed by atoms with Crippen LogP contribution >= 0.6 is 0 Å². The van der Waals surface area contributed by atoms with E-state index in [1.165, 1.54) is 0 Å². The zero-order valence-electron chi connectivity index (χ0n) is 15.9. The number of hydrogen-bond acceptors (Lipinski definition) is 4. The number of aryl methyl sites for hydroxylation is 1. The number of hydrogen-bond donors (Lipinski definition) is 1. The largest absolute Gasteiger partial charge is 0.492 e. The molecule has 0 radical (unpaired) electrons. The lowest BCUT2D eigenvalue weighted by Gasteiger charge is -2.36. The van der Waals surface area contributed by atoms with Gasteiger partial charge in [-0.15, -0.1) is 0 Å². The first-order valence-corrected chi connectivity index (χ1v) is 9.49. The van der Waals surface area contributed by atoms with Crippen molar-refractivity contribution in [3.63, 3.8) is 0 Å². The summed E-state index contributed by atoms with van der Waals surface area (Å²) >= 11 is 0. The molecule has 2 N–H and O–H groups in total. The predicted octanol–water partition coefficient (Wildman–Crippen LogP) is 2.77. The molecule has 0 spiro atoms. The maximum Gasteiger partial charge on any atom is 0.254 e. The number of nitrogens with zero attached hydrogens (tertiary/aromatic N) is 3. The van der Waals surface area contributed by atoms with E-state index in [0.717, 1.165) is 23.5 Å². The summed E-state index contributed by atoms with van der Waals surface area (Å²) in [6.07, 6.45) is 3.82. The van der Waals surface area contributed by atoms with Crippen molar-refractivity contribution in [3.05, 3.63) is 83.4 Å². The summed E-state index contributed by atoms with van der Waals surface area (Å²) in [4.78, 5) is 19.9. The van der Waals surface area contributed by atoms with Crippen molar-refractivity contribution in [2.45, 2.75) is 19.5 Å². The third-order valence-corrected chi connectivity index (χ3v) is 5.08. The fraction of sp³-hybridized carbons (Fsp3) is 0.273. The lowest BCUT2D eigenvalue weighted by Crippen LogP contribution is -2.42. The third kappa shape index (κ3) is 3.39. The summed E-state index contributed by atoms with van der Waals surface area (Å²) < 4.78 is 7.90. The van der Waals surface area contributed by atoms with Gasteiger partial charge in [0.1, 0.15) is 18.4 Å². The lowest BCUT2D eigenvalue weighted by molar-refractivity contribution is 0.0659. The molecule has 144 valence electrons. The van der Waals surface area contributed by atoms with Gasteiger partial charge in [0.25, 0.3) is 5.91 Å². The Balaban J connectivity index is 1.70. The molecule has 1 aromatic carbocycles. The SMILES string of the molecule is Cc1ccc(C(=O)N2CCn3cccc3[C@@H]2c2ccccn2)cc1OCCN. The Morgan fingerprint density at radius 2 is 2.11 bits per heavy atom. The third-order valence-electron chi connectivity index (χ3n) is 5.08. The van der Waals surface area contributed by atoms with E-state index in [1.807, 2.05) is 54.3 Å². The minimum Gasteiger partial charge on any atom is -0.492 e. The minimum atomic E-state index is -0.216. The summed E-state index contributed by atoms with van der Waals surface area (Å²) in [7, 11) is 0. The van der Waals surface area contributed by atoms with Gasteiger partial charge in [-0.3, -0.25) is 9.78 Å². The molecule has 6 heteroatoms. The summed E-state index contributed by atoms with van der Waals surface area (Å²) in [5.41, 5.74) is 9.08. The summed E-state index contributed by atoms with van der Waals surface area (Å²) in [5, 5.41) is 0. The number of rotatable bonds is 5. The number of amides is 1. The Hall–Kier alpha value is -3.12. The Kier molecular flexibility index (Phi) is 5.12. The number of ether oxygens (including phenoxy) is 1. The smallest absolute Gasteiger partial charge is 0.254 e. The van der Waals surface area contributed by atoms with Gasteiger partial charge in [-0.05, 0) is 48.9 Å². The molecule has 1 aliphatic heterocycles. The molecular formula is C22H24N4O2. The Labute approximate surface area is 164 Å². The van der Waals surface area contributed by atoms with Crippen molar-refractivity contribution < 1.29 is 9.53 Å². The molecule has 0 fully saturated rings. The molecule has 1 aliphatic rings. The number of aromatic nitrogens is 2. The topological polar surface area (TPSA) is 73.4 Å². The molecule has 2 aromatic heterocycles. The van der Waals surface area contributed by atoms with E-state index < -0.39 is 0 Å². The van der Waals surface area contributed by atoms with Gasteiger partial charge in [-0.25, -0.2) is 0 Å². The highest BCUT2D eigenvalue weighted by atomic mass is 16.5. The Morgan fingerprint density at radius 3 is 2.89 bits per heavy atom. The van der Waals surface area contributed by atoms with Crippen molar-refractivity contribution in [3.8, 4) is 5.75 Å². The molecule has 0 saturated heterocycles. The summed E-state index contributed by atoms with van der Waals surface area (Å²) in [6, 6.07) is 15.3. The molecule has 3 heterocycles. The van der Waals surface area contributed by atoms with Gasteiger partial charge in [-0.1, -0.05) is 12.1 Å². The number of fused-ring (bicyclic) bond motifs is 1. The predicted molar refractivity (Wildman–Crippen MR) is 107 cm³/mol. The average molecular weight is 376 g/mol. The minimum absolute atomic E-state index is 0.0271. The highest BCUT2D eigenvalue weighted by Gasteiger charge is 2.33. The van der Waals surface area contributed by atoms with Crippen molar-refractivity contribution in [2.75, 3.05) is 19.7 Å². The maximum absolute atomic E-state index is 13.5. The second-order valence-corrected chi connectivity index (χ2v) is 6.90. The van der Waals surface area contributed by atoms with Gasteiger partial charge in [0, 0.05) is 43.3 Å². The van der Waals surface area contributed by atoms with E-state index in [9.17, 15) is 4.79 Å². The van der Waals surface area contributed by atoms with Gasteiger partial charge < -0.3 is 19.9 Å². The van der Waals surface area contributed by atoms with Gasteiger partial charge >= 0.3 is 0 Å². The van der Waals surface area contributed by atoms with Crippen LogP contribution in [-0.2, 0) is 6.54 Å². The van der Waals surface area contributed by atoms with Crippen LogP contribution < -0.4 is 10.5 Å². The number of pyridine rings is 1. The van der Waals surface area contributed by atoms with E-state index in [-0.39, 0.29) is 11.9 Å². The van der Waals surface area contributed by atoms with Crippen LogP contribution in [0.3, 0.4) is 0 Å². The zero-order chi connectivity index (χ0) is 19.5. The molecule has 1 atom stereocenters. The zero-order valence-corrected chi connectivity index (χ0v) is 15.9. The normalized spacial score (nSPS) is 15.9. The van der Waals surface area contributed by atoms with Gasteiger partial charge in [0.05, 0.1) is 5.69 Å². The number of carbonyl (C=O) groups is 1. The molecular weight excluding hydrogens is 352 g/mol. The Morgan fingerprint density at radius 1 is 1.21 bits per heavy atom. The van der Waals surface area contributed by atoms with Crippen LogP contribution in [0.15, 0.2) is 60.9 Å². The molecule has 0 aliphatic carbocycles. The number of nitrogens with two attached hydrogens (primary N) is 1. The van der Waals surface area contributed by atoms with E-state index in [0.29, 0.717) is 31.0 Å². The number of carbonyl (C=O) groups excluding carboxylic acids is 1. The van der Waals surface area contributed by atoms with Crippen LogP contribution in [0.2, 0.25) is 0 Å². The molecule has 0 saturated carbocycles. The average Bonchev–Trinajstić information content (AvgIpc) is 3.21. The second-order valence-electron chi connectivity index (χ2n) is 6.90. The molecule has 6 nitrogen and oxygen atoms in total. The number of benzene rings is 1. The van der Waals surface area contributed by atoms with Gasteiger partial charge in [0.15, 0.2) is 0 Å². The van der Waals surface area contributed by atoms with Crippen LogP contribution in [0.25, 0.3) is 0 Å². The van der Waals surface area contributed by atoms with Gasteiger partial charge in [0.2, 0.25) is 0 Å². The van der Waals surface area contributed by atoms with Crippen molar-refractivity contribution in [1.29, 1.82) is 0 Å². The molecule has 3 aromatic rings. The molecule has 28 heavy (non-hydrogen) atoms. The second kappa shape index (κ2) is 7.86. The first-order valence-electron chi connectivity index (χ1n) is 9.49. The van der Waals surface area contributed by atoms with Gasteiger partial charge in [-0.2, -0.15) is 0 Å². The monoisotopic (exact) mass is 376 g/mol. The molecule has 1 amide bonds. The molecule has 0 bridgehead atoms. The first kappa shape index (κ1) is 18.3. The van der Waals surface area contributed by atoms with Crippen molar-refractivity contribution in [1.82, 2.24) is 14.5 Å². The summed E-state index contributed by atoms with van der Waals surface area (Å²) in [6.45, 7) is 4.20. The van der Waals surface area contributed by atoms with E-state index in [1.54, 1.807) is 6.20 Å². The fourth-order valence-electron chi connectivity index (χ4n) is 3.67. The van der Waals surface area contributed by atoms with E-state index in [2.05, 4.69) is 21.8 Å². The van der Waals surface area contributed by atoms with Crippen LogP contribution in [0.4, 0.5) is 0 Å². The fourth-order valence-corrected chi connectivity index (χ4v) is 3.67. The highest BCUT2D eigenvalue weighted by Crippen LogP contribution is 2.33. The van der Waals surface area contributed by atoms with Crippen LogP contribution in [0.5, 0.6) is 5.75 Å². The quantitative estimate of drug-likeness (QED) is 0.743. The summed E-state index contributed by atoms with van der Waals surface area (Å²) in [5.74, 6) is 0.673. The lowest BCUT2D eigenvalue weighted by atomic mass is 10.0. The maximum atomic E-state index is 13.5. The van der Waals surface area contributed by atoms with E-state index >= 15 is 0 Å². The van der Waals surface area contributed by atoms with Crippen molar-refractivity contribution in [2.24, 2.45) is 5.73 Å².